The first kappa shape index (κ1) is 17.8. The highest BCUT2D eigenvalue weighted by Crippen LogP contribution is 2.22. The lowest BCUT2D eigenvalue weighted by Gasteiger charge is -2.32. The number of nitrogen functional groups attached to an aromatic ring is 1. The predicted octanol–water partition coefficient (Wildman–Crippen LogP) is 3.15. The average Bonchev–Trinajstić information content (AvgIpc) is 2.93. The quantitative estimate of drug-likeness (QED) is 0.880. The monoisotopic (exact) mass is 328 g/mol. The van der Waals surface area contributed by atoms with Crippen molar-refractivity contribution in [2.45, 2.75) is 25.4 Å². The molecule has 0 amide bonds. The van der Waals surface area contributed by atoms with E-state index in [0.717, 1.165) is 25.3 Å². The van der Waals surface area contributed by atoms with Crippen molar-refractivity contribution in [3.63, 3.8) is 0 Å². The van der Waals surface area contributed by atoms with Crippen molar-refractivity contribution in [3.8, 4) is 0 Å². The third-order valence-corrected chi connectivity index (χ3v) is 3.74. The minimum atomic E-state index is 0. The van der Waals surface area contributed by atoms with E-state index in [1.807, 2.05) is 24.4 Å². The molecule has 1 fully saturated rings. The van der Waals surface area contributed by atoms with Crippen LogP contribution in [0, 0.1) is 0 Å². The zero-order valence-electron chi connectivity index (χ0n) is 11.9. The van der Waals surface area contributed by atoms with Gasteiger partial charge in [0.1, 0.15) is 0 Å². The highest BCUT2D eigenvalue weighted by atomic mass is 35.5. The van der Waals surface area contributed by atoms with E-state index in [1.165, 1.54) is 18.4 Å². The fourth-order valence-electron chi connectivity index (χ4n) is 2.84. The van der Waals surface area contributed by atoms with E-state index in [9.17, 15) is 0 Å². The molecule has 1 saturated heterocycles. The van der Waals surface area contributed by atoms with Gasteiger partial charge in [-0.2, -0.15) is 5.10 Å². The summed E-state index contributed by atoms with van der Waals surface area (Å²) in [4.78, 5) is 2.49. The van der Waals surface area contributed by atoms with Crippen LogP contribution in [0.25, 0.3) is 0 Å². The molecule has 0 bridgehead atoms. The van der Waals surface area contributed by atoms with Gasteiger partial charge in [0.15, 0.2) is 0 Å². The number of hydrogen-bond donors (Lipinski definition) is 1. The Kier molecular flexibility index (Phi) is 7.02. The average molecular weight is 329 g/mol. The number of halogens is 2. The number of hydrogen-bond acceptors (Lipinski definition) is 3. The van der Waals surface area contributed by atoms with Crippen LogP contribution < -0.4 is 5.73 Å². The van der Waals surface area contributed by atoms with Crippen LogP contribution in [0.15, 0.2) is 42.7 Å². The molecule has 1 atom stereocenters. The highest BCUT2D eigenvalue weighted by Gasteiger charge is 2.21. The Morgan fingerprint density at radius 2 is 2.10 bits per heavy atom. The van der Waals surface area contributed by atoms with Crippen LogP contribution in [-0.2, 0) is 6.54 Å². The van der Waals surface area contributed by atoms with E-state index in [-0.39, 0.29) is 24.8 Å². The molecule has 1 unspecified atom stereocenters. The summed E-state index contributed by atoms with van der Waals surface area (Å²) in [5.74, 6) is 0. The molecule has 0 aliphatic carbocycles. The number of nitrogens with two attached hydrogens (primary N) is 1. The van der Waals surface area contributed by atoms with Crippen molar-refractivity contribution in [1.82, 2.24) is 14.7 Å². The van der Waals surface area contributed by atoms with E-state index in [2.05, 4.69) is 33.0 Å². The van der Waals surface area contributed by atoms with Crippen LogP contribution in [0.4, 0.5) is 5.69 Å². The first-order valence-corrected chi connectivity index (χ1v) is 6.87. The Bertz CT molecular complexity index is 530. The summed E-state index contributed by atoms with van der Waals surface area (Å²) >= 11 is 0. The topological polar surface area (TPSA) is 47.1 Å². The van der Waals surface area contributed by atoms with Crippen molar-refractivity contribution in [2.24, 2.45) is 0 Å². The molecule has 2 heterocycles. The number of likely N-dealkylation sites (tertiary alicyclic amines) is 1. The minimum absolute atomic E-state index is 0. The standard InChI is InChI=1S/C15H20N4.2ClH/c16-14-5-1-4-13(10-14)11-18-8-2-6-15(12-18)19-9-3-7-17-19;;/h1,3-5,7,9-10,15H,2,6,8,11-12,16H2;2*1H. The number of benzene rings is 1. The zero-order valence-corrected chi connectivity index (χ0v) is 13.5. The first-order valence-electron chi connectivity index (χ1n) is 6.87. The van der Waals surface area contributed by atoms with Crippen molar-refractivity contribution in [3.05, 3.63) is 48.3 Å². The minimum Gasteiger partial charge on any atom is -0.399 e. The molecule has 116 valence electrons. The molecule has 6 heteroatoms. The summed E-state index contributed by atoms with van der Waals surface area (Å²) in [6.07, 6.45) is 6.37. The van der Waals surface area contributed by atoms with Crippen LogP contribution >= 0.6 is 24.8 Å². The number of nitrogens with zero attached hydrogens (tertiary/aromatic N) is 3. The van der Waals surface area contributed by atoms with Gasteiger partial charge in [0.2, 0.25) is 0 Å². The van der Waals surface area contributed by atoms with Crippen LogP contribution in [0.5, 0.6) is 0 Å². The van der Waals surface area contributed by atoms with Gasteiger partial charge in [-0.15, -0.1) is 24.8 Å². The van der Waals surface area contributed by atoms with Gasteiger partial charge < -0.3 is 5.73 Å². The molecule has 1 aromatic carbocycles. The van der Waals surface area contributed by atoms with Gasteiger partial charge in [0.25, 0.3) is 0 Å². The third-order valence-electron chi connectivity index (χ3n) is 3.74. The molecule has 3 rings (SSSR count). The second kappa shape index (κ2) is 8.27. The lowest BCUT2D eigenvalue weighted by atomic mass is 10.0. The maximum absolute atomic E-state index is 5.84. The lowest BCUT2D eigenvalue weighted by Crippen LogP contribution is -2.36. The van der Waals surface area contributed by atoms with E-state index in [0.29, 0.717) is 6.04 Å². The normalized spacial score (nSPS) is 18.6. The Hall–Kier alpha value is -1.23. The molecular weight excluding hydrogens is 307 g/mol. The number of piperidine rings is 1. The molecule has 0 saturated carbocycles. The molecule has 1 aromatic heterocycles. The smallest absolute Gasteiger partial charge is 0.0646 e. The zero-order chi connectivity index (χ0) is 13.1. The van der Waals surface area contributed by atoms with Crippen LogP contribution in [-0.4, -0.2) is 27.8 Å². The largest absolute Gasteiger partial charge is 0.399 e. The Labute approximate surface area is 138 Å². The summed E-state index contributed by atoms with van der Waals surface area (Å²) < 4.78 is 2.09. The maximum Gasteiger partial charge on any atom is 0.0646 e. The summed E-state index contributed by atoms with van der Waals surface area (Å²) in [5.41, 5.74) is 7.97. The van der Waals surface area contributed by atoms with Gasteiger partial charge in [-0.1, -0.05) is 12.1 Å². The fraction of sp³-hybridized carbons (Fsp3) is 0.400. The van der Waals surface area contributed by atoms with Crippen molar-refractivity contribution < 1.29 is 0 Å². The van der Waals surface area contributed by atoms with Crippen molar-refractivity contribution >= 4 is 30.5 Å². The van der Waals surface area contributed by atoms with Crippen LogP contribution in [0.1, 0.15) is 24.4 Å². The summed E-state index contributed by atoms with van der Waals surface area (Å²) in [6.45, 7) is 3.20. The number of aromatic nitrogens is 2. The molecule has 2 aromatic rings. The van der Waals surface area contributed by atoms with Crippen LogP contribution in [0.3, 0.4) is 0 Å². The second-order valence-electron chi connectivity index (χ2n) is 5.26. The molecule has 1 aliphatic rings. The van der Waals surface area contributed by atoms with Gasteiger partial charge in [-0.25, -0.2) is 0 Å². The molecule has 4 nitrogen and oxygen atoms in total. The molecule has 21 heavy (non-hydrogen) atoms. The van der Waals surface area contributed by atoms with Gasteiger partial charge >= 0.3 is 0 Å². The van der Waals surface area contributed by atoms with Crippen molar-refractivity contribution in [2.75, 3.05) is 18.8 Å². The van der Waals surface area contributed by atoms with Gasteiger partial charge in [0, 0.05) is 31.2 Å². The van der Waals surface area contributed by atoms with E-state index in [1.54, 1.807) is 0 Å². The molecule has 0 radical (unpaired) electrons. The molecular formula is C15H22Cl2N4. The molecule has 0 spiro atoms. The fourth-order valence-corrected chi connectivity index (χ4v) is 2.84. The molecule has 2 N–H and O–H groups in total. The third kappa shape index (κ3) is 4.63. The predicted molar refractivity (Wildman–Crippen MR) is 91.1 cm³/mol. The molecule has 1 aliphatic heterocycles. The maximum atomic E-state index is 5.84. The highest BCUT2D eigenvalue weighted by molar-refractivity contribution is 5.85. The van der Waals surface area contributed by atoms with Crippen LogP contribution in [0.2, 0.25) is 0 Å². The first-order chi connectivity index (χ1) is 9.31. The van der Waals surface area contributed by atoms with E-state index >= 15 is 0 Å². The summed E-state index contributed by atoms with van der Waals surface area (Å²) in [7, 11) is 0. The van der Waals surface area contributed by atoms with Gasteiger partial charge in [0.05, 0.1) is 6.04 Å². The summed E-state index contributed by atoms with van der Waals surface area (Å²) in [5, 5.41) is 4.37. The SMILES string of the molecule is Cl.Cl.Nc1cccc(CN2CCCC(n3cccn3)C2)c1. The van der Waals surface area contributed by atoms with Crippen molar-refractivity contribution in [1.29, 1.82) is 0 Å². The van der Waals surface area contributed by atoms with E-state index in [4.69, 9.17) is 5.73 Å². The summed E-state index contributed by atoms with van der Waals surface area (Å²) in [6, 6.07) is 10.7. The lowest BCUT2D eigenvalue weighted by molar-refractivity contribution is 0.163. The Morgan fingerprint density at radius 1 is 1.24 bits per heavy atom. The van der Waals surface area contributed by atoms with E-state index < -0.39 is 0 Å². The number of rotatable bonds is 3. The van der Waals surface area contributed by atoms with Gasteiger partial charge in [-0.3, -0.25) is 9.58 Å². The Balaban J connectivity index is 0.00000110. The number of anilines is 1. The van der Waals surface area contributed by atoms with Gasteiger partial charge in [-0.05, 0) is 43.1 Å². The second-order valence-corrected chi connectivity index (χ2v) is 5.26. The Morgan fingerprint density at radius 3 is 2.81 bits per heavy atom.